The van der Waals surface area contributed by atoms with E-state index in [1.807, 2.05) is 42.5 Å². The fourth-order valence-electron chi connectivity index (χ4n) is 2.04. The molecule has 145 valence electrons. The summed E-state index contributed by atoms with van der Waals surface area (Å²) in [5.74, 6) is -1.37. The second kappa shape index (κ2) is 9.87. The molecule has 0 spiro atoms. The second-order valence-electron chi connectivity index (χ2n) is 5.16. The molecule has 9 heteroatoms. The number of hydrogen-bond acceptors (Lipinski definition) is 4. The number of rotatable bonds is 2. The maximum Gasteiger partial charge on any atom is 0.429 e. The third-order valence-electron chi connectivity index (χ3n) is 3.25. The molecule has 0 bridgehead atoms. The van der Waals surface area contributed by atoms with Gasteiger partial charge < -0.3 is 15.1 Å². The summed E-state index contributed by atoms with van der Waals surface area (Å²) in [5.41, 5.74) is 2.27. The minimum Gasteiger partial charge on any atom is -0.413 e. The smallest absolute Gasteiger partial charge is 0.413 e. The van der Waals surface area contributed by atoms with E-state index in [9.17, 15) is 13.2 Å². The van der Waals surface area contributed by atoms with Crippen molar-refractivity contribution in [3.8, 4) is 22.8 Å². The van der Waals surface area contributed by atoms with Gasteiger partial charge in [-0.2, -0.15) is 13.2 Å². The van der Waals surface area contributed by atoms with Crippen LogP contribution in [0.3, 0.4) is 0 Å². The van der Waals surface area contributed by atoms with Crippen LogP contribution in [0.15, 0.2) is 73.1 Å². The Hall–Kier alpha value is -2.90. The molecule has 28 heavy (non-hydrogen) atoms. The van der Waals surface area contributed by atoms with Crippen LogP contribution in [0.1, 0.15) is 5.82 Å². The van der Waals surface area contributed by atoms with Crippen molar-refractivity contribution in [2.45, 2.75) is 6.18 Å². The molecule has 4 rings (SSSR count). The number of pyridine rings is 2. The van der Waals surface area contributed by atoms with Crippen molar-refractivity contribution in [3.05, 3.63) is 84.9 Å². The van der Waals surface area contributed by atoms with Crippen LogP contribution in [0.2, 0.25) is 0 Å². The first-order valence-electron chi connectivity index (χ1n) is 7.78. The zero-order chi connectivity index (χ0) is 19.1. The van der Waals surface area contributed by atoms with Gasteiger partial charge in [0.05, 0.1) is 5.69 Å². The molecular formula is C19H12F3IrN5-2. The Bertz CT molecular complexity index is 924. The SMILES string of the molecule is FC(F)(F)c1n[n-]c(-c2ccccn2)n1.[Ir].[c-]1ccccc1-c1ccccn1. The molecule has 0 amide bonds. The van der Waals surface area contributed by atoms with E-state index in [0.717, 1.165) is 11.3 Å². The van der Waals surface area contributed by atoms with E-state index in [0.29, 0.717) is 0 Å². The first kappa shape index (κ1) is 21.4. The summed E-state index contributed by atoms with van der Waals surface area (Å²) in [4.78, 5) is 11.3. The van der Waals surface area contributed by atoms with Crippen LogP contribution in [-0.4, -0.2) is 20.1 Å². The zero-order valence-corrected chi connectivity index (χ0v) is 16.5. The maximum absolute atomic E-state index is 12.1. The van der Waals surface area contributed by atoms with Gasteiger partial charge in [0, 0.05) is 32.5 Å². The molecule has 3 heterocycles. The molecule has 1 radical (unpaired) electrons. The van der Waals surface area contributed by atoms with Crippen molar-refractivity contribution in [1.82, 2.24) is 25.1 Å². The molecule has 0 aliphatic rings. The van der Waals surface area contributed by atoms with E-state index in [1.165, 1.54) is 12.3 Å². The third kappa shape index (κ3) is 5.80. The molecule has 3 aromatic heterocycles. The molecule has 0 saturated heterocycles. The van der Waals surface area contributed by atoms with E-state index in [-0.39, 0.29) is 31.6 Å². The Kier molecular flexibility index (Phi) is 7.54. The van der Waals surface area contributed by atoms with E-state index >= 15 is 0 Å². The number of halogens is 3. The fourth-order valence-corrected chi connectivity index (χ4v) is 2.04. The van der Waals surface area contributed by atoms with Gasteiger partial charge in [0.2, 0.25) is 0 Å². The normalized spacial score (nSPS) is 10.4. The summed E-state index contributed by atoms with van der Waals surface area (Å²) >= 11 is 0. The fraction of sp³-hybridized carbons (Fsp3) is 0.0526. The van der Waals surface area contributed by atoms with Gasteiger partial charge >= 0.3 is 6.18 Å². The van der Waals surface area contributed by atoms with E-state index < -0.39 is 12.0 Å². The molecule has 0 unspecified atom stereocenters. The van der Waals surface area contributed by atoms with Gasteiger partial charge in [0.25, 0.3) is 0 Å². The Morgan fingerprint density at radius 2 is 1.46 bits per heavy atom. The summed E-state index contributed by atoms with van der Waals surface area (Å²) in [7, 11) is 0. The quantitative estimate of drug-likeness (QED) is 0.347. The number of benzene rings is 1. The van der Waals surface area contributed by atoms with Crippen molar-refractivity contribution >= 4 is 0 Å². The minimum atomic E-state index is -4.57. The van der Waals surface area contributed by atoms with Gasteiger partial charge in [-0.25, -0.2) is 0 Å². The summed E-state index contributed by atoms with van der Waals surface area (Å²) in [5, 5.41) is 6.25. The monoisotopic (exact) mass is 560 g/mol. The average molecular weight is 560 g/mol. The topological polar surface area (TPSA) is 65.7 Å². The Labute approximate surface area is 172 Å². The van der Waals surface area contributed by atoms with Gasteiger partial charge in [-0.05, 0) is 29.7 Å². The van der Waals surface area contributed by atoms with Crippen molar-refractivity contribution in [3.63, 3.8) is 0 Å². The second-order valence-corrected chi connectivity index (χ2v) is 5.16. The molecule has 0 fully saturated rings. The maximum atomic E-state index is 12.1. The Morgan fingerprint density at radius 3 is 1.96 bits per heavy atom. The molecule has 0 aliphatic heterocycles. The van der Waals surface area contributed by atoms with Crippen LogP contribution in [-0.2, 0) is 26.3 Å². The van der Waals surface area contributed by atoms with Gasteiger partial charge in [-0.3, -0.25) is 10.1 Å². The first-order valence-corrected chi connectivity index (χ1v) is 7.78. The van der Waals surface area contributed by atoms with Crippen LogP contribution in [0.5, 0.6) is 0 Å². The van der Waals surface area contributed by atoms with Gasteiger partial charge in [-0.1, -0.05) is 18.2 Å². The Morgan fingerprint density at radius 1 is 0.821 bits per heavy atom. The van der Waals surface area contributed by atoms with E-state index in [2.05, 4.69) is 31.2 Å². The molecule has 0 atom stereocenters. The molecule has 0 N–H and O–H groups in total. The standard InChI is InChI=1S/C11H8N.C8H4F3N4.Ir/c1-2-6-10(7-3-1)11-8-4-5-9-12-11;9-8(10,11)7-13-6(14-15-7)5-3-1-2-4-12-5;/h1-6,8-9H;1-4H;/q2*-1;. The average Bonchev–Trinajstić information content (AvgIpc) is 3.22. The number of hydrogen-bond donors (Lipinski definition) is 0. The van der Waals surface area contributed by atoms with Crippen molar-refractivity contribution in [2.24, 2.45) is 0 Å². The molecule has 5 nitrogen and oxygen atoms in total. The van der Waals surface area contributed by atoms with Crippen LogP contribution in [0.4, 0.5) is 13.2 Å². The minimum absolute atomic E-state index is 0. The first-order chi connectivity index (χ1) is 13.0. The third-order valence-corrected chi connectivity index (χ3v) is 3.25. The molecule has 1 aromatic carbocycles. The number of alkyl halides is 3. The predicted octanol–water partition coefficient (Wildman–Crippen LogP) is 4.06. The van der Waals surface area contributed by atoms with Crippen LogP contribution < -0.4 is 5.10 Å². The van der Waals surface area contributed by atoms with Gasteiger partial charge in [0.1, 0.15) is 5.82 Å². The number of nitrogens with zero attached hydrogens (tertiary/aromatic N) is 5. The summed E-state index contributed by atoms with van der Waals surface area (Å²) in [6, 6.07) is 21.6. The molecule has 4 aromatic rings. The Balaban J connectivity index is 0.000000198. The molecular weight excluding hydrogens is 547 g/mol. The van der Waals surface area contributed by atoms with Gasteiger partial charge in [0.15, 0.2) is 0 Å². The van der Waals surface area contributed by atoms with Crippen molar-refractivity contribution in [2.75, 3.05) is 0 Å². The van der Waals surface area contributed by atoms with Crippen LogP contribution in [0, 0.1) is 6.07 Å². The zero-order valence-electron chi connectivity index (χ0n) is 14.1. The molecule has 0 aliphatic carbocycles. The van der Waals surface area contributed by atoms with E-state index in [4.69, 9.17) is 0 Å². The summed E-state index contributed by atoms with van der Waals surface area (Å²) in [6.07, 6.45) is -1.34. The van der Waals surface area contributed by atoms with E-state index in [1.54, 1.807) is 18.3 Å². The summed E-state index contributed by atoms with van der Waals surface area (Å²) in [6.45, 7) is 0. The largest absolute Gasteiger partial charge is 0.429 e. The number of aromatic nitrogens is 5. The van der Waals surface area contributed by atoms with Crippen LogP contribution in [0.25, 0.3) is 22.8 Å². The van der Waals surface area contributed by atoms with Crippen LogP contribution >= 0.6 is 0 Å². The van der Waals surface area contributed by atoms with Gasteiger partial charge in [-0.15, -0.1) is 35.9 Å². The predicted molar refractivity (Wildman–Crippen MR) is 92.1 cm³/mol. The molecule has 0 saturated carbocycles. The van der Waals surface area contributed by atoms with Crippen molar-refractivity contribution in [1.29, 1.82) is 0 Å². The summed E-state index contributed by atoms with van der Waals surface area (Å²) < 4.78 is 36.4. The van der Waals surface area contributed by atoms with Crippen molar-refractivity contribution < 1.29 is 33.3 Å².